The molecule has 0 aromatic carbocycles. The highest BCUT2D eigenvalue weighted by Gasteiger charge is 2.37. The molecular formula is C9H10F3NO. The van der Waals surface area contributed by atoms with Crippen LogP contribution in [-0.2, 0) is 12.6 Å². The van der Waals surface area contributed by atoms with Gasteiger partial charge in [0.25, 0.3) is 0 Å². The molecule has 0 aliphatic heterocycles. The lowest BCUT2D eigenvalue weighted by molar-refractivity contribution is -0.153. The van der Waals surface area contributed by atoms with Crippen molar-refractivity contribution in [2.75, 3.05) is 0 Å². The first-order valence-electron chi connectivity index (χ1n) is 4.44. The maximum absolute atomic E-state index is 12.3. The van der Waals surface area contributed by atoms with Crippen LogP contribution in [-0.4, -0.2) is 0 Å². The van der Waals surface area contributed by atoms with E-state index in [0.29, 0.717) is 17.7 Å². The molecule has 5 heteroatoms. The summed E-state index contributed by atoms with van der Waals surface area (Å²) in [6.45, 7) is 0. The Morgan fingerprint density at radius 1 is 1.43 bits per heavy atom. The van der Waals surface area contributed by atoms with Crippen molar-refractivity contribution in [2.24, 2.45) is 5.73 Å². The van der Waals surface area contributed by atoms with Gasteiger partial charge in [-0.25, -0.2) is 0 Å². The molecule has 2 N–H and O–H groups in total. The van der Waals surface area contributed by atoms with E-state index in [2.05, 4.69) is 0 Å². The van der Waals surface area contributed by atoms with Gasteiger partial charge in [0.05, 0.1) is 0 Å². The molecule has 1 heterocycles. The van der Waals surface area contributed by atoms with Crippen LogP contribution in [0.25, 0.3) is 0 Å². The van der Waals surface area contributed by atoms with Crippen LogP contribution < -0.4 is 5.73 Å². The lowest BCUT2D eigenvalue weighted by Crippen LogP contribution is -2.15. The minimum absolute atomic E-state index is 0.307. The number of halogens is 3. The molecule has 1 aliphatic carbocycles. The molecule has 1 unspecified atom stereocenters. The Kier molecular flexibility index (Phi) is 2.06. The van der Waals surface area contributed by atoms with Crippen LogP contribution in [0.1, 0.15) is 36.0 Å². The van der Waals surface area contributed by atoms with Gasteiger partial charge in [-0.2, -0.15) is 13.2 Å². The van der Waals surface area contributed by atoms with Gasteiger partial charge in [0.2, 0.25) is 5.76 Å². The number of rotatable bonds is 0. The van der Waals surface area contributed by atoms with Crippen molar-refractivity contribution < 1.29 is 17.6 Å². The Hall–Kier alpha value is -0.970. The van der Waals surface area contributed by atoms with E-state index in [1.165, 1.54) is 0 Å². The maximum Gasteiger partial charge on any atom is 0.449 e. The third-order valence-corrected chi connectivity index (χ3v) is 2.44. The zero-order valence-corrected chi connectivity index (χ0v) is 7.40. The summed E-state index contributed by atoms with van der Waals surface area (Å²) in [6, 6.07) is 0.720. The fourth-order valence-corrected chi connectivity index (χ4v) is 1.73. The summed E-state index contributed by atoms with van der Waals surface area (Å²) in [7, 11) is 0. The molecule has 0 radical (unpaired) electrons. The molecule has 2 rings (SSSR count). The molecule has 1 aromatic heterocycles. The van der Waals surface area contributed by atoms with E-state index in [4.69, 9.17) is 10.2 Å². The van der Waals surface area contributed by atoms with E-state index in [1.54, 1.807) is 0 Å². The van der Waals surface area contributed by atoms with Gasteiger partial charge in [0.1, 0.15) is 5.76 Å². The van der Waals surface area contributed by atoms with Crippen molar-refractivity contribution in [1.82, 2.24) is 0 Å². The van der Waals surface area contributed by atoms with Crippen LogP contribution in [0.15, 0.2) is 10.5 Å². The van der Waals surface area contributed by atoms with Crippen molar-refractivity contribution in [3.05, 3.63) is 23.2 Å². The summed E-state index contributed by atoms with van der Waals surface area (Å²) in [5, 5.41) is 0. The number of hydrogen-bond acceptors (Lipinski definition) is 2. The summed E-state index contributed by atoms with van der Waals surface area (Å²) in [6.07, 6.45) is -2.33. The number of aryl methyl sites for hydroxylation is 1. The highest BCUT2D eigenvalue weighted by atomic mass is 19.4. The molecule has 2 nitrogen and oxygen atoms in total. The zero-order valence-electron chi connectivity index (χ0n) is 7.40. The van der Waals surface area contributed by atoms with Gasteiger partial charge in [0.15, 0.2) is 0 Å². The third-order valence-electron chi connectivity index (χ3n) is 2.44. The minimum Gasteiger partial charge on any atom is -0.456 e. The minimum atomic E-state index is -4.41. The van der Waals surface area contributed by atoms with E-state index in [9.17, 15) is 13.2 Å². The van der Waals surface area contributed by atoms with Crippen LogP contribution >= 0.6 is 0 Å². The largest absolute Gasteiger partial charge is 0.456 e. The molecular weight excluding hydrogens is 195 g/mol. The van der Waals surface area contributed by atoms with Crippen LogP contribution in [0, 0.1) is 0 Å². The molecule has 0 spiro atoms. The Balaban J connectivity index is 2.40. The van der Waals surface area contributed by atoms with Crippen LogP contribution in [0.4, 0.5) is 13.2 Å². The zero-order chi connectivity index (χ0) is 10.3. The van der Waals surface area contributed by atoms with Crippen molar-refractivity contribution >= 4 is 0 Å². The van der Waals surface area contributed by atoms with Gasteiger partial charge in [-0.3, -0.25) is 0 Å². The molecule has 0 bridgehead atoms. The summed E-state index contributed by atoms with van der Waals surface area (Å²) in [4.78, 5) is 0. The van der Waals surface area contributed by atoms with Gasteiger partial charge in [0, 0.05) is 18.0 Å². The monoisotopic (exact) mass is 205 g/mol. The van der Waals surface area contributed by atoms with Crippen LogP contribution in [0.2, 0.25) is 0 Å². The standard InChI is InChI=1S/C9H10F3NO/c10-9(11,12)8-4-5-6(13)2-1-3-7(5)14-8/h4,6H,1-3,13H2. The molecule has 1 aliphatic rings. The average Bonchev–Trinajstić information content (AvgIpc) is 2.48. The predicted octanol–water partition coefficient (Wildman–Crippen LogP) is 2.63. The topological polar surface area (TPSA) is 39.2 Å². The van der Waals surface area contributed by atoms with Gasteiger partial charge in [-0.05, 0) is 18.9 Å². The van der Waals surface area contributed by atoms with E-state index in [-0.39, 0.29) is 6.04 Å². The number of nitrogens with two attached hydrogens (primary N) is 1. The van der Waals surface area contributed by atoms with Crippen LogP contribution in [0.5, 0.6) is 0 Å². The lowest BCUT2D eigenvalue weighted by Gasteiger charge is -2.16. The van der Waals surface area contributed by atoms with Crippen molar-refractivity contribution in [3.8, 4) is 0 Å². The Morgan fingerprint density at radius 2 is 2.14 bits per heavy atom. The highest BCUT2D eigenvalue weighted by Crippen LogP contribution is 2.37. The molecule has 1 atom stereocenters. The number of furan rings is 1. The highest BCUT2D eigenvalue weighted by molar-refractivity contribution is 5.28. The second-order valence-corrected chi connectivity index (χ2v) is 3.49. The van der Waals surface area contributed by atoms with E-state index in [1.807, 2.05) is 0 Å². The molecule has 14 heavy (non-hydrogen) atoms. The summed E-state index contributed by atoms with van der Waals surface area (Å²) in [5.41, 5.74) is 6.19. The molecule has 0 amide bonds. The first-order valence-corrected chi connectivity index (χ1v) is 4.44. The van der Waals surface area contributed by atoms with Gasteiger partial charge in [-0.15, -0.1) is 0 Å². The Labute approximate surface area is 78.9 Å². The maximum atomic E-state index is 12.3. The summed E-state index contributed by atoms with van der Waals surface area (Å²) >= 11 is 0. The van der Waals surface area contributed by atoms with Crippen molar-refractivity contribution in [1.29, 1.82) is 0 Å². The second kappa shape index (κ2) is 3.02. The van der Waals surface area contributed by atoms with E-state index >= 15 is 0 Å². The summed E-state index contributed by atoms with van der Waals surface area (Å²) < 4.78 is 41.5. The number of fused-ring (bicyclic) bond motifs is 1. The quantitative estimate of drug-likeness (QED) is 0.707. The van der Waals surface area contributed by atoms with Crippen LogP contribution in [0.3, 0.4) is 0 Å². The molecule has 0 saturated heterocycles. The number of hydrogen-bond donors (Lipinski definition) is 1. The van der Waals surface area contributed by atoms with E-state index in [0.717, 1.165) is 18.9 Å². The lowest BCUT2D eigenvalue weighted by atomic mass is 9.94. The first kappa shape index (κ1) is 9.58. The SMILES string of the molecule is NC1CCCc2oc(C(F)(F)F)cc21. The van der Waals surface area contributed by atoms with Gasteiger partial charge < -0.3 is 10.2 Å². The predicted molar refractivity (Wildman–Crippen MR) is 43.6 cm³/mol. The summed E-state index contributed by atoms with van der Waals surface area (Å²) in [5.74, 6) is -0.532. The second-order valence-electron chi connectivity index (χ2n) is 3.49. The molecule has 1 aromatic rings. The molecule has 0 fully saturated rings. The Morgan fingerprint density at radius 3 is 2.71 bits per heavy atom. The fourth-order valence-electron chi connectivity index (χ4n) is 1.73. The van der Waals surface area contributed by atoms with E-state index < -0.39 is 11.9 Å². The normalized spacial score (nSPS) is 22.1. The third kappa shape index (κ3) is 1.52. The van der Waals surface area contributed by atoms with Crippen molar-refractivity contribution in [2.45, 2.75) is 31.5 Å². The first-order chi connectivity index (χ1) is 6.48. The smallest absolute Gasteiger partial charge is 0.449 e. The van der Waals surface area contributed by atoms with Gasteiger partial charge >= 0.3 is 6.18 Å². The number of alkyl halides is 3. The molecule has 0 saturated carbocycles. The van der Waals surface area contributed by atoms with Crippen molar-refractivity contribution in [3.63, 3.8) is 0 Å². The average molecular weight is 205 g/mol. The van der Waals surface area contributed by atoms with Gasteiger partial charge in [-0.1, -0.05) is 0 Å². The Bertz CT molecular complexity index is 342. The molecule has 78 valence electrons. The fraction of sp³-hybridized carbons (Fsp3) is 0.556.